The summed E-state index contributed by atoms with van der Waals surface area (Å²) in [5.74, 6) is -0.883. The normalized spacial score (nSPS) is 12.5. The molecule has 0 aliphatic heterocycles. The van der Waals surface area contributed by atoms with Crippen molar-refractivity contribution in [2.45, 2.75) is 33.7 Å². The van der Waals surface area contributed by atoms with E-state index in [2.05, 4.69) is 31.0 Å². The number of carbonyl (C=O) groups is 1. The van der Waals surface area contributed by atoms with Crippen LogP contribution in [0.15, 0.2) is 18.2 Å². The number of benzene rings is 1. The predicted octanol–water partition coefficient (Wildman–Crippen LogP) is 2.84. The van der Waals surface area contributed by atoms with Gasteiger partial charge in [-0.2, -0.15) is 0 Å². The smallest absolute Gasteiger partial charge is 0.335 e. The minimum atomic E-state index is -0.883. The van der Waals surface area contributed by atoms with E-state index < -0.39 is 5.97 Å². The third-order valence-electron chi connectivity index (χ3n) is 3.30. The molecule has 106 valence electrons. The maximum atomic E-state index is 10.9. The van der Waals surface area contributed by atoms with E-state index in [9.17, 15) is 4.79 Å². The minimum Gasteiger partial charge on any atom is -0.478 e. The van der Waals surface area contributed by atoms with Gasteiger partial charge in [-0.1, -0.05) is 13.8 Å². The average molecular weight is 264 g/mol. The Hall–Kier alpha value is -1.55. The molecule has 0 saturated carbocycles. The van der Waals surface area contributed by atoms with Crippen LogP contribution in [0.2, 0.25) is 0 Å². The van der Waals surface area contributed by atoms with Crippen LogP contribution >= 0.6 is 0 Å². The Morgan fingerprint density at radius 2 is 2.00 bits per heavy atom. The van der Waals surface area contributed by atoms with E-state index in [0.717, 1.165) is 30.9 Å². The highest BCUT2D eigenvalue weighted by atomic mass is 16.4. The van der Waals surface area contributed by atoms with Gasteiger partial charge in [0.15, 0.2) is 0 Å². The minimum absolute atomic E-state index is 0.328. The first-order valence-corrected chi connectivity index (χ1v) is 6.80. The van der Waals surface area contributed by atoms with Gasteiger partial charge in [0, 0.05) is 18.3 Å². The third kappa shape index (κ3) is 4.56. The molecule has 1 unspecified atom stereocenters. The molecule has 0 aliphatic carbocycles. The number of nitrogens with one attached hydrogen (secondary N) is 1. The SMILES string of the molecule is CCN(CC)CC(C)Nc1ccc(C(=O)O)cc1C. The van der Waals surface area contributed by atoms with E-state index in [4.69, 9.17) is 5.11 Å². The number of hydrogen-bond acceptors (Lipinski definition) is 3. The standard InChI is InChI=1S/C15H24N2O2/c1-5-17(6-2)10-12(4)16-14-8-7-13(15(18)19)9-11(14)3/h7-9,12,16H,5-6,10H2,1-4H3,(H,18,19). The maximum absolute atomic E-state index is 10.9. The number of likely N-dealkylation sites (N-methyl/N-ethyl adjacent to an activating group) is 1. The van der Waals surface area contributed by atoms with Crippen LogP contribution in [0.25, 0.3) is 0 Å². The number of hydrogen-bond donors (Lipinski definition) is 2. The fraction of sp³-hybridized carbons (Fsp3) is 0.533. The molecule has 1 atom stereocenters. The highest BCUT2D eigenvalue weighted by Gasteiger charge is 2.10. The summed E-state index contributed by atoms with van der Waals surface area (Å²) in [5.41, 5.74) is 2.30. The summed E-state index contributed by atoms with van der Waals surface area (Å²) >= 11 is 0. The molecule has 0 fully saturated rings. The van der Waals surface area contributed by atoms with Crippen molar-refractivity contribution < 1.29 is 9.90 Å². The molecule has 0 amide bonds. The summed E-state index contributed by atoms with van der Waals surface area (Å²) in [5, 5.41) is 12.4. The molecule has 2 N–H and O–H groups in total. The van der Waals surface area contributed by atoms with Gasteiger partial charge in [-0.3, -0.25) is 0 Å². The Balaban J connectivity index is 2.69. The largest absolute Gasteiger partial charge is 0.478 e. The van der Waals surface area contributed by atoms with Gasteiger partial charge in [0.1, 0.15) is 0 Å². The zero-order valence-corrected chi connectivity index (χ0v) is 12.2. The first-order valence-electron chi connectivity index (χ1n) is 6.80. The molecule has 4 nitrogen and oxygen atoms in total. The van der Waals surface area contributed by atoms with Crippen LogP contribution in [-0.2, 0) is 0 Å². The highest BCUT2D eigenvalue weighted by Crippen LogP contribution is 2.17. The number of aryl methyl sites for hydroxylation is 1. The van der Waals surface area contributed by atoms with E-state index in [1.807, 2.05) is 13.0 Å². The first kappa shape index (κ1) is 15.5. The maximum Gasteiger partial charge on any atom is 0.335 e. The van der Waals surface area contributed by atoms with Gasteiger partial charge in [-0.15, -0.1) is 0 Å². The molecule has 0 radical (unpaired) electrons. The fourth-order valence-electron chi connectivity index (χ4n) is 2.14. The molecule has 1 rings (SSSR count). The van der Waals surface area contributed by atoms with Crippen LogP contribution in [0, 0.1) is 6.92 Å². The summed E-state index contributed by atoms with van der Waals surface area (Å²) in [6, 6.07) is 5.52. The lowest BCUT2D eigenvalue weighted by Gasteiger charge is -2.24. The van der Waals surface area contributed by atoms with Crippen LogP contribution in [0.3, 0.4) is 0 Å². The zero-order chi connectivity index (χ0) is 14.4. The van der Waals surface area contributed by atoms with E-state index >= 15 is 0 Å². The van der Waals surface area contributed by atoms with Gasteiger partial charge < -0.3 is 15.3 Å². The summed E-state index contributed by atoms with van der Waals surface area (Å²) in [4.78, 5) is 13.2. The molecular weight excluding hydrogens is 240 g/mol. The van der Waals surface area contributed by atoms with Crippen molar-refractivity contribution >= 4 is 11.7 Å². The molecule has 19 heavy (non-hydrogen) atoms. The Morgan fingerprint density at radius 3 is 2.47 bits per heavy atom. The van der Waals surface area contributed by atoms with Crippen molar-refractivity contribution in [3.63, 3.8) is 0 Å². The third-order valence-corrected chi connectivity index (χ3v) is 3.30. The molecule has 0 aromatic heterocycles. The number of carboxylic acid groups (broad SMARTS) is 1. The monoisotopic (exact) mass is 264 g/mol. The van der Waals surface area contributed by atoms with Crippen molar-refractivity contribution in [1.82, 2.24) is 4.90 Å². The van der Waals surface area contributed by atoms with Crippen LogP contribution in [0.4, 0.5) is 5.69 Å². The highest BCUT2D eigenvalue weighted by molar-refractivity contribution is 5.88. The van der Waals surface area contributed by atoms with Crippen molar-refractivity contribution in [2.75, 3.05) is 25.0 Å². The average Bonchev–Trinajstić information content (AvgIpc) is 2.38. The lowest BCUT2D eigenvalue weighted by Crippen LogP contribution is -2.34. The van der Waals surface area contributed by atoms with E-state index in [1.54, 1.807) is 12.1 Å². The number of carboxylic acids is 1. The number of anilines is 1. The number of rotatable bonds is 7. The Morgan fingerprint density at radius 1 is 1.37 bits per heavy atom. The lowest BCUT2D eigenvalue weighted by atomic mass is 10.1. The number of aromatic carboxylic acids is 1. The molecule has 0 saturated heterocycles. The molecule has 0 aliphatic rings. The second kappa shape index (κ2) is 7.14. The Bertz CT molecular complexity index is 428. The summed E-state index contributed by atoms with van der Waals surface area (Å²) in [6.45, 7) is 11.4. The summed E-state index contributed by atoms with van der Waals surface area (Å²) < 4.78 is 0. The predicted molar refractivity (Wildman–Crippen MR) is 79.0 cm³/mol. The van der Waals surface area contributed by atoms with Crippen molar-refractivity contribution in [3.8, 4) is 0 Å². The van der Waals surface area contributed by atoms with Crippen LogP contribution < -0.4 is 5.32 Å². The molecular formula is C15H24N2O2. The molecule has 0 bridgehead atoms. The van der Waals surface area contributed by atoms with Gasteiger partial charge in [0.05, 0.1) is 5.56 Å². The van der Waals surface area contributed by atoms with E-state index in [-0.39, 0.29) is 0 Å². The quantitative estimate of drug-likeness (QED) is 0.795. The molecule has 0 heterocycles. The second-order valence-corrected chi connectivity index (χ2v) is 4.87. The number of nitrogens with zero attached hydrogens (tertiary/aromatic N) is 1. The van der Waals surface area contributed by atoms with Gasteiger partial charge in [0.25, 0.3) is 0 Å². The molecule has 4 heteroatoms. The van der Waals surface area contributed by atoms with Gasteiger partial charge in [-0.05, 0) is 50.7 Å². The van der Waals surface area contributed by atoms with Crippen LogP contribution in [0.1, 0.15) is 36.7 Å². The zero-order valence-electron chi connectivity index (χ0n) is 12.2. The topological polar surface area (TPSA) is 52.6 Å². The van der Waals surface area contributed by atoms with E-state index in [1.165, 1.54) is 0 Å². The molecule has 1 aromatic rings. The Labute approximate surface area is 115 Å². The van der Waals surface area contributed by atoms with Crippen molar-refractivity contribution in [3.05, 3.63) is 29.3 Å². The lowest BCUT2D eigenvalue weighted by molar-refractivity contribution is 0.0697. The first-order chi connectivity index (χ1) is 8.97. The fourth-order valence-corrected chi connectivity index (χ4v) is 2.14. The summed E-state index contributed by atoms with van der Waals surface area (Å²) in [7, 11) is 0. The second-order valence-electron chi connectivity index (χ2n) is 4.87. The van der Waals surface area contributed by atoms with Crippen LogP contribution in [-0.4, -0.2) is 41.7 Å². The van der Waals surface area contributed by atoms with E-state index in [0.29, 0.717) is 11.6 Å². The van der Waals surface area contributed by atoms with Crippen molar-refractivity contribution in [1.29, 1.82) is 0 Å². The van der Waals surface area contributed by atoms with Gasteiger partial charge >= 0.3 is 5.97 Å². The van der Waals surface area contributed by atoms with Crippen molar-refractivity contribution in [2.24, 2.45) is 0 Å². The van der Waals surface area contributed by atoms with Gasteiger partial charge in [-0.25, -0.2) is 4.79 Å². The van der Waals surface area contributed by atoms with Crippen LogP contribution in [0.5, 0.6) is 0 Å². The summed E-state index contributed by atoms with van der Waals surface area (Å²) in [6.07, 6.45) is 0. The molecule has 0 spiro atoms. The van der Waals surface area contributed by atoms with Gasteiger partial charge in [0.2, 0.25) is 0 Å². The molecule has 1 aromatic carbocycles. The Kier molecular flexibility index (Phi) is 5.83.